The number of pyridine rings is 1. The van der Waals surface area contributed by atoms with Crippen LogP contribution in [0.1, 0.15) is 32.2 Å². The lowest BCUT2D eigenvalue weighted by atomic mass is 10.1. The fraction of sp³-hybridized carbons (Fsp3) is 0.500. The Morgan fingerprint density at radius 2 is 2.05 bits per heavy atom. The Bertz CT molecular complexity index is 857. The third kappa shape index (κ3) is 2.46. The second kappa shape index (κ2) is 4.91. The van der Waals surface area contributed by atoms with Crippen LogP contribution in [-0.4, -0.2) is 29.2 Å². The molecule has 0 bridgehead atoms. The Kier molecular flexibility index (Phi) is 3.32. The maximum Gasteiger partial charge on any atom is 0.252 e. The molecule has 112 valence electrons. The summed E-state index contributed by atoms with van der Waals surface area (Å²) in [6.45, 7) is 2.11. The fourth-order valence-corrected chi connectivity index (χ4v) is 3.53. The highest BCUT2D eigenvalue weighted by Gasteiger charge is 2.27. The third-order valence-electron chi connectivity index (χ3n) is 4.12. The SMILES string of the molecule is C[C@H]1CCCC1n1c(=O)ccc2cnc(S(C)(=O)=O)nc21. The summed E-state index contributed by atoms with van der Waals surface area (Å²) in [5.41, 5.74) is 0.274. The summed E-state index contributed by atoms with van der Waals surface area (Å²) in [6.07, 6.45) is 5.58. The summed E-state index contributed by atoms with van der Waals surface area (Å²) in [6, 6.07) is 3.21. The zero-order valence-electron chi connectivity index (χ0n) is 12.0. The molecule has 3 rings (SSSR count). The lowest BCUT2D eigenvalue weighted by Crippen LogP contribution is -2.27. The van der Waals surface area contributed by atoms with E-state index in [0.29, 0.717) is 17.0 Å². The Labute approximate surface area is 122 Å². The number of fused-ring (bicyclic) bond motifs is 1. The fourth-order valence-electron chi connectivity index (χ4n) is 3.03. The van der Waals surface area contributed by atoms with Crippen molar-refractivity contribution in [2.24, 2.45) is 5.92 Å². The van der Waals surface area contributed by atoms with Crippen LogP contribution < -0.4 is 5.56 Å². The van der Waals surface area contributed by atoms with E-state index in [0.717, 1.165) is 25.5 Å². The molecule has 2 aromatic rings. The molecular weight excluding hydrogens is 290 g/mol. The quantitative estimate of drug-likeness (QED) is 0.786. The van der Waals surface area contributed by atoms with Crippen molar-refractivity contribution in [3.05, 3.63) is 28.7 Å². The summed E-state index contributed by atoms with van der Waals surface area (Å²) in [5.74, 6) is 0.380. The van der Waals surface area contributed by atoms with Gasteiger partial charge in [-0.15, -0.1) is 0 Å². The van der Waals surface area contributed by atoms with Crippen molar-refractivity contribution >= 4 is 20.9 Å². The Morgan fingerprint density at radius 1 is 1.29 bits per heavy atom. The summed E-state index contributed by atoms with van der Waals surface area (Å²) < 4.78 is 24.9. The highest BCUT2D eigenvalue weighted by Crippen LogP contribution is 2.35. The van der Waals surface area contributed by atoms with Crippen LogP contribution in [0.15, 0.2) is 28.3 Å². The zero-order valence-corrected chi connectivity index (χ0v) is 12.8. The second-order valence-electron chi connectivity index (χ2n) is 5.72. The van der Waals surface area contributed by atoms with Crippen molar-refractivity contribution in [3.63, 3.8) is 0 Å². The Balaban J connectivity index is 2.31. The molecule has 21 heavy (non-hydrogen) atoms. The molecule has 0 aromatic carbocycles. The predicted molar refractivity (Wildman–Crippen MR) is 79.0 cm³/mol. The smallest absolute Gasteiger partial charge is 0.252 e. The number of sulfone groups is 1. The molecular formula is C14H17N3O3S. The monoisotopic (exact) mass is 307 g/mol. The van der Waals surface area contributed by atoms with Crippen molar-refractivity contribution < 1.29 is 8.42 Å². The Morgan fingerprint density at radius 3 is 2.67 bits per heavy atom. The summed E-state index contributed by atoms with van der Waals surface area (Å²) >= 11 is 0. The first kappa shape index (κ1) is 14.2. The average Bonchev–Trinajstić information content (AvgIpc) is 2.83. The number of hydrogen-bond acceptors (Lipinski definition) is 5. The van der Waals surface area contributed by atoms with E-state index in [1.165, 1.54) is 12.3 Å². The van der Waals surface area contributed by atoms with Gasteiger partial charge in [0.05, 0.1) is 0 Å². The second-order valence-corrected chi connectivity index (χ2v) is 7.63. The van der Waals surface area contributed by atoms with Gasteiger partial charge in [-0.1, -0.05) is 13.3 Å². The molecule has 7 heteroatoms. The van der Waals surface area contributed by atoms with E-state index in [-0.39, 0.29) is 16.8 Å². The van der Waals surface area contributed by atoms with Gasteiger partial charge in [-0.05, 0) is 24.8 Å². The van der Waals surface area contributed by atoms with Gasteiger partial charge in [0.15, 0.2) is 0 Å². The van der Waals surface area contributed by atoms with Gasteiger partial charge in [0.1, 0.15) is 5.65 Å². The van der Waals surface area contributed by atoms with Gasteiger partial charge >= 0.3 is 0 Å². The molecule has 0 N–H and O–H groups in total. The summed E-state index contributed by atoms with van der Waals surface area (Å²) in [5, 5.41) is 0.445. The van der Waals surface area contributed by atoms with Gasteiger partial charge in [-0.2, -0.15) is 4.98 Å². The summed E-state index contributed by atoms with van der Waals surface area (Å²) in [4.78, 5) is 20.3. The highest BCUT2D eigenvalue weighted by molar-refractivity contribution is 7.90. The largest absolute Gasteiger partial charge is 0.289 e. The number of hydrogen-bond donors (Lipinski definition) is 0. The van der Waals surface area contributed by atoms with Gasteiger partial charge in [0.25, 0.3) is 5.56 Å². The van der Waals surface area contributed by atoms with Crippen LogP contribution in [0.2, 0.25) is 0 Å². The molecule has 2 aromatic heterocycles. The minimum Gasteiger partial charge on any atom is -0.289 e. The van der Waals surface area contributed by atoms with Crippen molar-refractivity contribution in [1.82, 2.24) is 14.5 Å². The first-order chi connectivity index (χ1) is 9.88. The number of nitrogens with zero attached hydrogens (tertiary/aromatic N) is 3. The lowest BCUT2D eigenvalue weighted by molar-refractivity contribution is 0.406. The van der Waals surface area contributed by atoms with E-state index in [9.17, 15) is 13.2 Å². The minimum absolute atomic E-state index is 0.0727. The molecule has 0 radical (unpaired) electrons. The molecule has 0 saturated heterocycles. The van der Waals surface area contributed by atoms with Crippen LogP contribution in [-0.2, 0) is 9.84 Å². The van der Waals surface area contributed by atoms with Gasteiger partial charge in [0, 0.05) is 29.9 Å². The van der Waals surface area contributed by atoms with E-state index < -0.39 is 9.84 Å². The van der Waals surface area contributed by atoms with Crippen molar-refractivity contribution in [2.75, 3.05) is 6.26 Å². The maximum atomic E-state index is 12.3. The summed E-state index contributed by atoms with van der Waals surface area (Å²) in [7, 11) is -3.50. The molecule has 1 fully saturated rings. The normalized spacial score (nSPS) is 22.8. The maximum absolute atomic E-state index is 12.3. The molecule has 6 nitrogen and oxygen atoms in total. The highest BCUT2D eigenvalue weighted by atomic mass is 32.2. The van der Waals surface area contributed by atoms with E-state index in [4.69, 9.17) is 0 Å². The van der Waals surface area contributed by atoms with Gasteiger partial charge in [0.2, 0.25) is 15.0 Å². The molecule has 1 aliphatic rings. The molecule has 0 spiro atoms. The zero-order chi connectivity index (χ0) is 15.2. The lowest BCUT2D eigenvalue weighted by Gasteiger charge is -2.20. The van der Waals surface area contributed by atoms with E-state index in [1.807, 2.05) is 0 Å². The number of aromatic nitrogens is 3. The molecule has 1 aliphatic carbocycles. The van der Waals surface area contributed by atoms with E-state index in [1.54, 1.807) is 10.6 Å². The third-order valence-corrected chi connectivity index (χ3v) is 4.98. The van der Waals surface area contributed by atoms with Crippen molar-refractivity contribution in [3.8, 4) is 0 Å². The van der Waals surface area contributed by atoms with Crippen molar-refractivity contribution in [2.45, 2.75) is 37.4 Å². The average molecular weight is 307 g/mol. The molecule has 2 atom stereocenters. The van der Waals surface area contributed by atoms with Crippen LogP contribution in [0.3, 0.4) is 0 Å². The number of rotatable bonds is 2. The molecule has 2 heterocycles. The van der Waals surface area contributed by atoms with Gasteiger partial charge < -0.3 is 0 Å². The van der Waals surface area contributed by atoms with E-state index in [2.05, 4.69) is 16.9 Å². The van der Waals surface area contributed by atoms with Crippen LogP contribution >= 0.6 is 0 Å². The topological polar surface area (TPSA) is 81.9 Å². The molecule has 0 aliphatic heterocycles. The van der Waals surface area contributed by atoms with Crippen LogP contribution in [0.25, 0.3) is 11.0 Å². The van der Waals surface area contributed by atoms with Crippen LogP contribution in [0.4, 0.5) is 0 Å². The first-order valence-electron chi connectivity index (χ1n) is 6.96. The van der Waals surface area contributed by atoms with Crippen molar-refractivity contribution in [1.29, 1.82) is 0 Å². The van der Waals surface area contributed by atoms with Crippen LogP contribution in [0.5, 0.6) is 0 Å². The van der Waals surface area contributed by atoms with Gasteiger partial charge in [-0.3, -0.25) is 9.36 Å². The first-order valence-corrected chi connectivity index (χ1v) is 8.85. The Hall–Kier alpha value is -1.76. The van der Waals surface area contributed by atoms with Crippen LogP contribution in [0, 0.1) is 5.92 Å². The molecule has 1 unspecified atom stereocenters. The van der Waals surface area contributed by atoms with Gasteiger partial charge in [-0.25, -0.2) is 13.4 Å². The minimum atomic E-state index is -3.50. The standard InChI is InChI=1S/C14H17N3O3S/c1-9-4-3-5-11(9)17-12(18)7-6-10-8-15-14(16-13(10)17)21(2,19)20/h6-9,11H,3-5H2,1-2H3/t9-,11?/m0/s1. The predicted octanol–water partition coefficient (Wildman–Crippen LogP) is 1.56. The van der Waals surface area contributed by atoms with E-state index >= 15 is 0 Å². The molecule has 0 amide bonds. The molecule has 1 saturated carbocycles.